The molecule has 0 radical (unpaired) electrons. The zero-order valence-corrected chi connectivity index (χ0v) is 12.0. The molecule has 1 fully saturated rings. The molecule has 1 aromatic carbocycles. The lowest BCUT2D eigenvalue weighted by Gasteiger charge is -2.33. The third kappa shape index (κ3) is 3.08. The van der Waals surface area contributed by atoms with Crippen molar-refractivity contribution in [3.63, 3.8) is 0 Å². The highest BCUT2D eigenvalue weighted by atomic mass is 32.2. The van der Waals surface area contributed by atoms with Gasteiger partial charge in [0.15, 0.2) is 5.78 Å². The number of rotatable bonds is 4. The summed E-state index contributed by atoms with van der Waals surface area (Å²) >= 11 is 2.08. The number of Topliss-reactive ketones (excluding diaryl/α,β-unsaturated/α-hetero) is 1. The van der Waals surface area contributed by atoms with Crippen LogP contribution in [0.25, 0.3) is 0 Å². The number of carbonyl (C=O) groups is 1. The molecule has 18 heavy (non-hydrogen) atoms. The summed E-state index contributed by atoms with van der Waals surface area (Å²) in [4.78, 5) is 14.0. The van der Waals surface area contributed by atoms with Crippen molar-refractivity contribution in [2.75, 3.05) is 23.7 Å². The van der Waals surface area contributed by atoms with E-state index in [2.05, 4.69) is 35.7 Å². The van der Waals surface area contributed by atoms with Gasteiger partial charge in [-0.1, -0.05) is 13.8 Å². The molecule has 3 heteroatoms. The predicted molar refractivity (Wildman–Crippen MR) is 79.8 cm³/mol. The van der Waals surface area contributed by atoms with Crippen molar-refractivity contribution in [2.24, 2.45) is 0 Å². The molecule has 1 aromatic rings. The van der Waals surface area contributed by atoms with E-state index in [4.69, 9.17) is 0 Å². The van der Waals surface area contributed by atoms with Gasteiger partial charge in [-0.2, -0.15) is 11.8 Å². The average molecular weight is 263 g/mol. The van der Waals surface area contributed by atoms with E-state index in [0.29, 0.717) is 6.42 Å². The summed E-state index contributed by atoms with van der Waals surface area (Å²) in [6.07, 6.45) is 1.81. The van der Waals surface area contributed by atoms with Crippen LogP contribution in [0.1, 0.15) is 37.0 Å². The highest BCUT2D eigenvalue weighted by molar-refractivity contribution is 8.00. The number of benzene rings is 1. The van der Waals surface area contributed by atoms with Gasteiger partial charge in [0.25, 0.3) is 0 Å². The van der Waals surface area contributed by atoms with Gasteiger partial charge in [0.1, 0.15) is 0 Å². The molecule has 1 heterocycles. The minimum absolute atomic E-state index is 0.224. The zero-order chi connectivity index (χ0) is 13.0. The molecule has 2 rings (SSSR count). The maximum Gasteiger partial charge on any atom is 0.162 e. The van der Waals surface area contributed by atoms with E-state index in [1.165, 1.54) is 17.9 Å². The first kappa shape index (κ1) is 13.5. The standard InChI is InChI=1S/C15H21NOS/c1-3-14-11-16(9-10-18-14)13-7-5-12(6-8-13)15(17)4-2/h5-8,14H,3-4,9-11H2,1-2H3. The highest BCUT2D eigenvalue weighted by Crippen LogP contribution is 2.26. The molecule has 1 unspecified atom stereocenters. The Bertz CT molecular complexity index is 401. The largest absolute Gasteiger partial charge is 0.370 e. The molecular formula is C15H21NOS. The van der Waals surface area contributed by atoms with E-state index in [-0.39, 0.29) is 5.78 Å². The van der Waals surface area contributed by atoms with Crippen molar-refractivity contribution in [3.8, 4) is 0 Å². The molecule has 0 aliphatic carbocycles. The van der Waals surface area contributed by atoms with Crippen LogP contribution in [0, 0.1) is 0 Å². The number of thioether (sulfide) groups is 1. The quantitative estimate of drug-likeness (QED) is 0.774. The maximum absolute atomic E-state index is 11.6. The van der Waals surface area contributed by atoms with Crippen LogP contribution in [-0.4, -0.2) is 29.9 Å². The summed E-state index contributed by atoms with van der Waals surface area (Å²) in [5.74, 6) is 1.43. The Kier molecular flexibility index (Phi) is 4.70. The van der Waals surface area contributed by atoms with E-state index in [9.17, 15) is 4.79 Å². The van der Waals surface area contributed by atoms with Crippen LogP contribution in [0.4, 0.5) is 5.69 Å². The molecule has 0 aromatic heterocycles. The molecule has 0 bridgehead atoms. The molecule has 1 aliphatic heterocycles. The molecule has 0 spiro atoms. The van der Waals surface area contributed by atoms with Gasteiger partial charge in [-0.25, -0.2) is 0 Å². The zero-order valence-electron chi connectivity index (χ0n) is 11.2. The maximum atomic E-state index is 11.6. The predicted octanol–water partition coefficient (Wildman–Crippen LogP) is 3.61. The number of carbonyl (C=O) groups excluding carboxylic acids is 1. The van der Waals surface area contributed by atoms with E-state index in [1.54, 1.807) is 0 Å². The fraction of sp³-hybridized carbons (Fsp3) is 0.533. The Morgan fingerprint density at radius 1 is 1.33 bits per heavy atom. The number of anilines is 1. The van der Waals surface area contributed by atoms with Gasteiger partial charge in [0, 0.05) is 41.8 Å². The van der Waals surface area contributed by atoms with Crippen molar-refractivity contribution in [2.45, 2.75) is 31.9 Å². The summed E-state index contributed by atoms with van der Waals surface area (Å²) < 4.78 is 0. The Morgan fingerprint density at radius 3 is 2.67 bits per heavy atom. The third-order valence-corrected chi connectivity index (χ3v) is 4.84. The second-order valence-corrected chi connectivity index (χ2v) is 6.08. The summed E-state index contributed by atoms with van der Waals surface area (Å²) in [6.45, 7) is 6.40. The summed E-state index contributed by atoms with van der Waals surface area (Å²) in [6, 6.07) is 8.10. The fourth-order valence-electron chi connectivity index (χ4n) is 2.26. The topological polar surface area (TPSA) is 20.3 Å². The number of hydrogen-bond donors (Lipinski definition) is 0. The second-order valence-electron chi connectivity index (χ2n) is 4.67. The summed E-state index contributed by atoms with van der Waals surface area (Å²) in [5.41, 5.74) is 2.08. The SMILES string of the molecule is CCC(=O)c1ccc(N2CCSC(CC)C2)cc1. The molecule has 0 N–H and O–H groups in total. The van der Waals surface area contributed by atoms with Gasteiger partial charge in [-0.05, 0) is 30.7 Å². The van der Waals surface area contributed by atoms with Crippen LogP contribution in [-0.2, 0) is 0 Å². The molecule has 2 nitrogen and oxygen atoms in total. The molecular weight excluding hydrogens is 242 g/mol. The molecule has 1 aliphatic rings. The van der Waals surface area contributed by atoms with E-state index >= 15 is 0 Å². The van der Waals surface area contributed by atoms with Crippen molar-refractivity contribution >= 4 is 23.2 Å². The minimum atomic E-state index is 0.224. The van der Waals surface area contributed by atoms with Crippen LogP contribution in [0.2, 0.25) is 0 Å². The second kappa shape index (κ2) is 6.28. The van der Waals surface area contributed by atoms with E-state index in [1.807, 2.05) is 19.1 Å². The number of hydrogen-bond acceptors (Lipinski definition) is 3. The number of ketones is 1. The molecule has 1 saturated heterocycles. The van der Waals surface area contributed by atoms with Gasteiger partial charge in [-0.3, -0.25) is 4.79 Å². The Balaban J connectivity index is 2.07. The van der Waals surface area contributed by atoms with Crippen LogP contribution in [0.5, 0.6) is 0 Å². The van der Waals surface area contributed by atoms with Crippen LogP contribution >= 0.6 is 11.8 Å². The van der Waals surface area contributed by atoms with Crippen molar-refractivity contribution in [1.29, 1.82) is 0 Å². The first-order chi connectivity index (χ1) is 8.74. The van der Waals surface area contributed by atoms with E-state index in [0.717, 1.165) is 23.9 Å². The van der Waals surface area contributed by atoms with Crippen molar-refractivity contribution < 1.29 is 4.79 Å². The van der Waals surface area contributed by atoms with Gasteiger partial charge in [0.05, 0.1) is 0 Å². The molecule has 1 atom stereocenters. The Hall–Kier alpha value is -0.960. The molecule has 98 valence electrons. The number of nitrogens with zero attached hydrogens (tertiary/aromatic N) is 1. The fourth-order valence-corrected chi connectivity index (χ4v) is 3.44. The molecule has 0 amide bonds. The van der Waals surface area contributed by atoms with Crippen molar-refractivity contribution in [1.82, 2.24) is 0 Å². The van der Waals surface area contributed by atoms with Gasteiger partial charge >= 0.3 is 0 Å². The average Bonchev–Trinajstić information content (AvgIpc) is 2.46. The first-order valence-electron chi connectivity index (χ1n) is 6.74. The minimum Gasteiger partial charge on any atom is -0.370 e. The van der Waals surface area contributed by atoms with Gasteiger partial charge in [0.2, 0.25) is 0 Å². The Morgan fingerprint density at radius 2 is 2.06 bits per heavy atom. The summed E-state index contributed by atoms with van der Waals surface area (Å²) in [5, 5.41) is 0.746. The Labute approximate surface area is 114 Å². The van der Waals surface area contributed by atoms with Gasteiger partial charge in [-0.15, -0.1) is 0 Å². The highest BCUT2D eigenvalue weighted by Gasteiger charge is 2.19. The lowest BCUT2D eigenvalue weighted by atomic mass is 10.1. The van der Waals surface area contributed by atoms with Crippen LogP contribution < -0.4 is 4.90 Å². The lowest BCUT2D eigenvalue weighted by Crippen LogP contribution is -2.37. The lowest BCUT2D eigenvalue weighted by molar-refractivity contribution is 0.0988. The van der Waals surface area contributed by atoms with Crippen LogP contribution in [0.3, 0.4) is 0 Å². The first-order valence-corrected chi connectivity index (χ1v) is 7.79. The van der Waals surface area contributed by atoms with Gasteiger partial charge < -0.3 is 4.90 Å². The van der Waals surface area contributed by atoms with E-state index < -0.39 is 0 Å². The third-order valence-electron chi connectivity index (χ3n) is 3.47. The normalized spacial score (nSPS) is 19.9. The van der Waals surface area contributed by atoms with Crippen molar-refractivity contribution in [3.05, 3.63) is 29.8 Å². The monoisotopic (exact) mass is 263 g/mol. The smallest absolute Gasteiger partial charge is 0.162 e. The summed E-state index contributed by atoms with van der Waals surface area (Å²) in [7, 11) is 0. The van der Waals surface area contributed by atoms with Crippen LogP contribution in [0.15, 0.2) is 24.3 Å². The molecule has 0 saturated carbocycles.